The molecule has 0 bridgehead atoms. The van der Waals surface area contributed by atoms with Gasteiger partial charge in [-0.25, -0.2) is 8.42 Å². The third-order valence-electron chi connectivity index (χ3n) is 4.63. The van der Waals surface area contributed by atoms with Crippen LogP contribution >= 0.6 is 0 Å². The van der Waals surface area contributed by atoms with Gasteiger partial charge in [0.1, 0.15) is 11.0 Å². The number of rotatable bonds is 3. The average molecular weight is 356 g/mol. The van der Waals surface area contributed by atoms with Crippen LogP contribution in [0.2, 0.25) is 0 Å². The number of nitrogens with one attached hydrogen (secondary N) is 1. The third kappa shape index (κ3) is 3.20. The molecule has 1 aromatic rings. The van der Waals surface area contributed by atoms with E-state index in [1.807, 2.05) is 0 Å². The molecule has 134 valence electrons. The predicted molar refractivity (Wildman–Crippen MR) is 87.0 cm³/mol. The molecule has 3 rings (SSSR count). The highest BCUT2D eigenvalue weighted by Gasteiger charge is 2.34. The van der Waals surface area contributed by atoms with Crippen LogP contribution in [0, 0.1) is 13.8 Å². The monoisotopic (exact) mass is 356 g/mol. The number of carbonyl (C=O) groups excluding carboxylic acids is 1. The first-order chi connectivity index (χ1) is 11.4. The first kappa shape index (κ1) is 17.4. The van der Waals surface area contributed by atoms with Crippen LogP contribution in [-0.2, 0) is 19.6 Å². The Kier molecular flexibility index (Phi) is 4.93. The van der Waals surface area contributed by atoms with Crippen molar-refractivity contribution >= 4 is 15.9 Å². The number of aromatic amines is 1. The molecule has 2 fully saturated rings. The highest BCUT2D eigenvalue weighted by molar-refractivity contribution is 7.89. The molecule has 0 saturated carbocycles. The van der Waals surface area contributed by atoms with Gasteiger partial charge in [-0.05, 0) is 33.1 Å². The number of ether oxygens (including phenoxy) is 1. The van der Waals surface area contributed by atoms with E-state index in [0.29, 0.717) is 50.6 Å². The van der Waals surface area contributed by atoms with Crippen LogP contribution in [0.15, 0.2) is 4.90 Å². The van der Waals surface area contributed by atoms with E-state index in [1.165, 1.54) is 4.31 Å². The van der Waals surface area contributed by atoms with Crippen molar-refractivity contribution in [1.82, 2.24) is 19.4 Å². The van der Waals surface area contributed by atoms with Gasteiger partial charge >= 0.3 is 0 Å². The zero-order valence-electron chi connectivity index (χ0n) is 14.1. The predicted octanol–water partition coefficient (Wildman–Crippen LogP) is 0.429. The van der Waals surface area contributed by atoms with Crippen LogP contribution < -0.4 is 0 Å². The zero-order valence-corrected chi connectivity index (χ0v) is 14.9. The molecule has 24 heavy (non-hydrogen) atoms. The Labute approximate surface area is 142 Å². The van der Waals surface area contributed by atoms with Crippen LogP contribution in [0.3, 0.4) is 0 Å². The third-order valence-corrected chi connectivity index (χ3v) is 6.79. The van der Waals surface area contributed by atoms with Crippen LogP contribution in [0.1, 0.15) is 30.7 Å². The van der Waals surface area contributed by atoms with E-state index >= 15 is 0 Å². The van der Waals surface area contributed by atoms with Gasteiger partial charge in [-0.2, -0.15) is 9.40 Å². The largest absolute Gasteiger partial charge is 0.368 e. The number of carbonyl (C=O) groups is 1. The summed E-state index contributed by atoms with van der Waals surface area (Å²) in [4.78, 5) is 14.5. The normalized spacial score (nSPS) is 23.4. The van der Waals surface area contributed by atoms with Gasteiger partial charge in [-0.15, -0.1) is 0 Å². The quantitative estimate of drug-likeness (QED) is 0.847. The molecular weight excluding hydrogens is 332 g/mol. The molecule has 3 heterocycles. The fourth-order valence-electron chi connectivity index (χ4n) is 3.38. The standard InChI is InChI=1S/C15H24N4O4S/c1-11-14(12(2)17-16-11)24(21,22)19-7-4-6-18(8-9-19)15(20)13-5-3-10-23-13/h13H,3-10H2,1-2H3,(H,16,17). The van der Waals surface area contributed by atoms with Crippen molar-refractivity contribution in [3.05, 3.63) is 11.4 Å². The van der Waals surface area contributed by atoms with Crippen molar-refractivity contribution in [2.45, 2.75) is 44.1 Å². The molecule has 1 aromatic heterocycles. The Bertz CT molecular complexity index is 690. The summed E-state index contributed by atoms with van der Waals surface area (Å²) in [5.41, 5.74) is 1.02. The molecular formula is C15H24N4O4S. The number of aryl methyl sites for hydroxylation is 2. The van der Waals surface area contributed by atoms with Gasteiger partial charge in [-0.1, -0.05) is 0 Å². The lowest BCUT2D eigenvalue weighted by Crippen LogP contribution is -2.41. The maximum atomic E-state index is 12.9. The van der Waals surface area contributed by atoms with Crippen molar-refractivity contribution in [2.75, 3.05) is 32.8 Å². The average Bonchev–Trinajstić information content (AvgIpc) is 3.10. The van der Waals surface area contributed by atoms with E-state index < -0.39 is 10.0 Å². The summed E-state index contributed by atoms with van der Waals surface area (Å²) in [5, 5.41) is 6.71. The highest BCUT2D eigenvalue weighted by Crippen LogP contribution is 2.23. The molecule has 1 N–H and O–H groups in total. The van der Waals surface area contributed by atoms with E-state index in [0.717, 1.165) is 12.8 Å². The second-order valence-electron chi connectivity index (χ2n) is 6.35. The van der Waals surface area contributed by atoms with Gasteiger partial charge in [0, 0.05) is 32.8 Å². The molecule has 2 aliphatic heterocycles. The topological polar surface area (TPSA) is 95.6 Å². The van der Waals surface area contributed by atoms with Crippen LogP contribution in [0.5, 0.6) is 0 Å². The Morgan fingerprint density at radius 2 is 2.00 bits per heavy atom. The smallest absolute Gasteiger partial charge is 0.251 e. The minimum Gasteiger partial charge on any atom is -0.368 e. The van der Waals surface area contributed by atoms with Crippen LogP contribution in [0.4, 0.5) is 0 Å². The lowest BCUT2D eigenvalue weighted by atomic mass is 10.2. The summed E-state index contributed by atoms with van der Waals surface area (Å²) < 4.78 is 32.7. The van der Waals surface area contributed by atoms with Crippen LogP contribution in [-0.4, -0.2) is 72.6 Å². The second kappa shape index (κ2) is 6.81. The minimum absolute atomic E-state index is 0.0116. The van der Waals surface area contributed by atoms with Gasteiger partial charge in [0.05, 0.1) is 11.4 Å². The number of sulfonamides is 1. The van der Waals surface area contributed by atoms with Gasteiger partial charge in [0.2, 0.25) is 10.0 Å². The van der Waals surface area contributed by atoms with E-state index in [1.54, 1.807) is 18.7 Å². The van der Waals surface area contributed by atoms with E-state index in [-0.39, 0.29) is 16.9 Å². The van der Waals surface area contributed by atoms with Gasteiger partial charge < -0.3 is 9.64 Å². The molecule has 8 nitrogen and oxygen atoms in total. The van der Waals surface area contributed by atoms with Gasteiger partial charge in [0.15, 0.2) is 0 Å². The lowest BCUT2D eigenvalue weighted by molar-refractivity contribution is -0.140. The Morgan fingerprint density at radius 3 is 2.62 bits per heavy atom. The number of H-pyrrole nitrogens is 1. The molecule has 2 aliphatic rings. The summed E-state index contributed by atoms with van der Waals surface area (Å²) >= 11 is 0. The maximum absolute atomic E-state index is 12.9. The van der Waals surface area contributed by atoms with E-state index in [4.69, 9.17) is 4.74 Å². The summed E-state index contributed by atoms with van der Waals surface area (Å²) in [6.07, 6.45) is 1.92. The van der Waals surface area contributed by atoms with Crippen molar-refractivity contribution in [1.29, 1.82) is 0 Å². The molecule has 0 aromatic carbocycles. The van der Waals surface area contributed by atoms with Gasteiger partial charge in [-0.3, -0.25) is 9.89 Å². The minimum atomic E-state index is -3.60. The highest BCUT2D eigenvalue weighted by atomic mass is 32.2. The lowest BCUT2D eigenvalue weighted by Gasteiger charge is -2.24. The molecule has 0 aliphatic carbocycles. The number of nitrogens with zero attached hydrogens (tertiary/aromatic N) is 3. The van der Waals surface area contributed by atoms with Crippen molar-refractivity contribution in [3.63, 3.8) is 0 Å². The molecule has 1 amide bonds. The molecule has 1 unspecified atom stereocenters. The fraction of sp³-hybridized carbons (Fsp3) is 0.733. The van der Waals surface area contributed by atoms with E-state index in [2.05, 4.69) is 10.2 Å². The Morgan fingerprint density at radius 1 is 1.21 bits per heavy atom. The summed E-state index contributed by atoms with van der Waals surface area (Å²) in [7, 11) is -3.60. The summed E-state index contributed by atoms with van der Waals surface area (Å²) in [6.45, 7) is 5.68. The van der Waals surface area contributed by atoms with Crippen molar-refractivity contribution in [3.8, 4) is 0 Å². The first-order valence-electron chi connectivity index (χ1n) is 8.33. The molecule has 9 heteroatoms. The van der Waals surface area contributed by atoms with Crippen LogP contribution in [0.25, 0.3) is 0 Å². The summed E-state index contributed by atoms with van der Waals surface area (Å²) in [6, 6.07) is 0. The molecule has 1 atom stereocenters. The van der Waals surface area contributed by atoms with Crippen molar-refractivity contribution < 1.29 is 17.9 Å². The number of hydrogen-bond acceptors (Lipinski definition) is 5. The SMILES string of the molecule is Cc1n[nH]c(C)c1S(=O)(=O)N1CCCN(C(=O)C2CCCO2)CC1. The first-order valence-corrected chi connectivity index (χ1v) is 9.77. The second-order valence-corrected chi connectivity index (χ2v) is 8.22. The molecule has 2 saturated heterocycles. The number of aromatic nitrogens is 2. The molecule has 0 radical (unpaired) electrons. The number of amides is 1. The molecule has 0 spiro atoms. The Balaban J connectivity index is 1.72. The van der Waals surface area contributed by atoms with Crippen molar-refractivity contribution in [2.24, 2.45) is 0 Å². The summed E-state index contributed by atoms with van der Waals surface area (Å²) in [5.74, 6) is -0.0116. The number of hydrogen-bond donors (Lipinski definition) is 1. The van der Waals surface area contributed by atoms with E-state index in [9.17, 15) is 13.2 Å². The Hall–Kier alpha value is -1.45. The van der Waals surface area contributed by atoms with Gasteiger partial charge in [0.25, 0.3) is 5.91 Å². The zero-order chi connectivity index (χ0) is 17.3. The maximum Gasteiger partial charge on any atom is 0.251 e. The fourth-order valence-corrected chi connectivity index (χ4v) is 5.18.